The third kappa shape index (κ3) is 4.47. The van der Waals surface area contributed by atoms with E-state index in [9.17, 15) is 0 Å². The Labute approximate surface area is 105 Å². The predicted molar refractivity (Wildman–Crippen MR) is 71.5 cm³/mol. The van der Waals surface area contributed by atoms with Crippen LogP contribution in [0.4, 0.5) is 0 Å². The first-order valence-electron chi connectivity index (χ1n) is 5.11. The Hall–Kier alpha value is -0.150. The third-order valence-corrected chi connectivity index (χ3v) is 3.62. The van der Waals surface area contributed by atoms with Gasteiger partial charge in [0.1, 0.15) is 5.75 Å². The summed E-state index contributed by atoms with van der Waals surface area (Å²) in [7, 11) is 0. The Kier molecular flexibility index (Phi) is 6.18. The molecule has 0 aliphatic rings. The van der Waals surface area contributed by atoms with Crippen LogP contribution in [-0.4, -0.2) is 18.2 Å². The monoisotopic (exact) mass is 288 g/mol. The van der Waals surface area contributed by atoms with E-state index < -0.39 is 0 Å². The van der Waals surface area contributed by atoms with Crippen molar-refractivity contribution < 1.29 is 4.74 Å². The topological polar surface area (TPSA) is 9.23 Å². The van der Waals surface area contributed by atoms with Crippen LogP contribution in [0.3, 0.4) is 0 Å². The fraction of sp³-hybridized carbons (Fsp3) is 0.500. The minimum Gasteiger partial charge on any atom is -0.494 e. The Morgan fingerprint density at radius 1 is 1.33 bits per heavy atom. The molecule has 0 radical (unpaired) electrons. The maximum atomic E-state index is 5.66. The van der Waals surface area contributed by atoms with Crippen molar-refractivity contribution >= 4 is 27.7 Å². The van der Waals surface area contributed by atoms with Crippen LogP contribution in [0.15, 0.2) is 23.1 Å². The molecule has 0 bridgehead atoms. The van der Waals surface area contributed by atoms with E-state index in [2.05, 4.69) is 41.2 Å². The van der Waals surface area contributed by atoms with Crippen LogP contribution in [-0.2, 0) is 0 Å². The molecule has 1 aromatic carbocycles. The van der Waals surface area contributed by atoms with E-state index in [1.54, 1.807) is 11.8 Å². The zero-order chi connectivity index (χ0) is 11.1. The molecule has 0 unspecified atom stereocenters. The Morgan fingerprint density at radius 2 is 2.13 bits per heavy atom. The molecule has 3 heteroatoms. The minimum atomic E-state index is 0.809. The van der Waals surface area contributed by atoms with Crippen LogP contribution in [0.1, 0.15) is 18.4 Å². The minimum absolute atomic E-state index is 0.809. The molecular weight excluding hydrogens is 272 g/mol. The highest BCUT2D eigenvalue weighted by Crippen LogP contribution is 2.24. The molecule has 1 aromatic rings. The molecule has 0 saturated carbocycles. The molecule has 0 N–H and O–H groups in total. The normalized spacial score (nSPS) is 10.3. The van der Waals surface area contributed by atoms with Crippen molar-refractivity contribution in [1.29, 1.82) is 0 Å². The fourth-order valence-electron chi connectivity index (χ4n) is 1.33. The highest BCUT2D eigenvalue weighted by Gasteiger charge is 1.99. The summed E-state index contributed by atoms with van der Waals surface area (Å²) < 4.78 is 5.66. The van der Waals surface area contributed by atoms with Gasteiger partial charge in [-0.25, -0.2) is 0 Å². The second kappa shape index (κ2) is 7.18. The van der Waals surface area contributed by atoms with Crippen molar-refractivity contribution in [1.82, 2.24) is 0 Å². The van der Waals surface area contributed by atoms with Gasteiger partial charge in [-0.1, -0.05) is 15.9 Å². The van der Waals surface area contributed by atoms with E-state index in [4.69, 9.17) is 4.74 Å². The van der Waals surface area contributed by atoms with Crippen molar-refractivity contribution in [3.8, 4) is 5.75 Å². The summed E-state index contributed by atoms with van der Waals surface area (Å²) in [5, 5.41) is 1.06. The molecule has 15 heavy (non-hydrogen) atoms. The zero-order valence-corrected chi connectivity index (χ0v) is 11.7. The van der Waals surface area contributed by atoms with E-state index in [0.29, 0.717) is 0 Å². The summed E-state index contributed by atoms with van der Waals surface area (Å²) in [5.41, 5.74) is 1.29. The maximum absolute atomic E-state index is 5.66. The highest BCUT2D eigenvalue weighted by molar-refractivity contribution is 9.09. The Morgan fingerprint density at radius 3 is 2.73 bits per heavy atom. The molecule has 84 valence electrons. The van der Waals surface area contributed by atoms with E-state index >= 15 is 0 Å². The van der Waals surface area contributed by atoms with Crippen LogP contribution < -0.4 is 4.74 Å². The second-order valence-electron chi connectivity index (χ2n) is 3.38. The number of hydrogen-bond donors (Lipinski definition) is 0. The number of unbranched alkanes of at least 4 members (excludes halogenated alkanes) is 1. The van der Waals surface area contributed by atoms with Crippen molar-refractivity contribution in [2.75, 3.05) is 18.2 Å². The number of rotatable bonds is 6. The highest BCUT2D eigenvalue weighted by atomic mass is 79.9. The van der Waals surface area contributed by atoms with Gasteiger partial charge in [-0.2, -0.15) is 0 Å². The van der Waals surface area contributed by atoms with Gasteiger partial charge in [-0.05, 0) is 49.8 Å². The summed E-state index contributed by atoms with van der Waals surface area (Å²) in [5.74, 6) is 0.986. The van der Waals surface area contributed by atoms with E-state index in [0.717, 1.165) is 24.1 Å². The number of thioether (sulfide) groups is 1. The Bertz CT molecular complexity index is 302. The number of halogens is 1. The first kappa shape index (κ1) is 12.9. The third-order valence-electron chi connectivity index (χ3n) is 2.16. The SMILES string of the molecule is CSc1ccc(OCCCCBr)cc1C. The molecule has 1 rings (SSSR count). The van der Waals surface area contributed by atoms with Crippen LogP contribution in [0, 0.1) is 6.92 Å². The molecule has 0 atom stereocenters. The molecule has 1 nitrogen and oxygen atoms in total. The lowest BCUT2D eigenvalue weighted by Crippen LogP contribution is -1.97. The summed E-state index contributed by atoms with van der Waals surface area (Å²) in [6, 6.07) is 6.28. The van der Waals surface area contributed by atoms with Crippen LogP contribution >= 0.6 is 27.7 Å². The standard InChI is InChI=1S/C12H17BrOS/c1-10-9-11(5-6-12(10)15-2)14-8-4-3-7-13/h5-6,9H,3-4,7-8H2,1-2H3. The van der Waals surface area contributed by atoms with Crippen molar-refractivity contribution in [2.24, 2.45) is 0 Å². The lowest BCUT2D eigenvalue weighted by molar-refractivity contribution is 0.309. The van der Waals surface area contributed by atoms with Crippen LogP contribution in [0.25, 0.3) is 0 Å². The van der Waals surface area contributed by atoms with Gasteiger partial charge in [0.15, 0.2) is 0 Å². The van der Waals surface area contributed by atoms with E-state index in [-0.39, 0.29) is 0 Å². The number of benzene rings is 1. The smallest absolute Gasteiger partial charge is 0.119 e. The summed E-state index contributed by atoms with van der Waals surface area (Å²) >= 11 is 5.18. The largest absolute Gasteiger partial charge is 0.494 e. The molecule has 0 aliphatic heterocycles. The first-order chi connectivity index (χ1) is 7.27. The number of alkyl halides is 1. The van der Waals surface area contributed by atoms with Crippen molar-refractivity contribution in [3.63, 3.8) is 0 Å². The maximum Gasteiger partial charge on any atom is 0.119 e. The van der Waals surface area contributed by atoms with Gasteiger partial charge >= 0.3 is 0 Å². The van der Waals surface area contributed by atoms with Crippen LogP contribution in [0.5, 0.6) is 5.75 Å². The number of ether oxygens (including phenoxy) is 1. The van der Waals surface area contributed by atoms with E-state index in [1.165, 1.54) is 16.9 Å². The summed E-state index contributed by atoms with van der Waals surface area (Å²) in [6.45, 7) is 2.93. The molecule has 0 aliphatic carbocycles. The average Bonchev–Trinajstić information content (AvgIpc) is 2.25. The summed E-state index contributed by atoms with van der Waals surface area (Å²) in [6.07, 6.45) is 4.37. The van der Waals surface area contributed by atoms with Crippen molar-refractivity contribution in [2.45, 2.75) is 24.7 Å². The molecular formula is C12H17BrOS. The Balaban J connectivity index is 2.45. The molecule has 0 saturated heterocycles. The fourth-order valence-corrected chi connectivity index (χ4v) is 2.31. The van der Waals surface area contributed by atoms with Gasteiger partial charge in [0.05, 0.1) is 6.61 Å². The quantitative estimate of drug-likeness (QED) is 0.439. The second-order valence-corrected chi connectivity index (χ2v) is 5.02. The van der Waals surface area contributed by atoms with Gasteiger partial charge in [0, 0.05) is 10.2 Å². The number of hydrogen-bond acceptors (Lipinski definition) is 2. The van der Waals surface area contributed by atoms with Crippen LogP contribution in [0.2, 0.25) is 0 Å². The van der Waals surface area contributed by atoms with Gasteiger partial charge in [-0.15, -0.1) is 11.8 Å². The predicted octanol–water partition coefficient (Wildman–Crippen LogP) is 4.27. The van der Waals surface area contributed by atoms with Crippen molar-refractivity contribution in [3.05, 3.63) is 23.8 Å². The molecule has 0 heterocycles. The van der Waals surface area contributed by atoms with E-state index in [1.807, 2.05) is 6.07 Å². The molecule has 0 fully saturated rings. The average molecular weight is 289 g/mol. The van der Waals surface area contributed by atoms with Gasteiger partial charge in [0.25, 0.3) is 0 Å². The van der Waals surface area contributed by atoms with Gasteiger partial charge in [0.2, 0.25) is 0 Å². The lowest BCUT2D eigenvalue weighted by atomic mass is 10.2. The molecule has 0 aromatic heterocycles. The molecule has 0 spiro atoms. The zero-order valence-electron chi connectivity index (χ0n) is 9.25. The molecule has 0 amide bonds. The first-order valence-corrected chi connectivity index (χ1v) is 7.46. The van der Waals surface area contributed by atoms with Gasteiger partial charge < -0.3 is 4.74 Å². The summed E-state index contributed by atoms with van der Waals surface area (Å²) in [4.78, 5) is 1.32. The van der Waals surface area contributed by atoms with Gasteiger partial charge in [-0.3, -0.25) is 0 Å². The lowest BCUT2D eigenvalue weighted by Gasteiger charge is -2.08. The number of aryl methyl sites for hydroxylation is 1.